The highest BCUT2D eigenvalue weighted by Crippen LogP contribution is 2.27. The number of nitrogens with zero attached hydrogens (tertiary/aromatic N) is 4. The molecule has 0 radical (unpaired) electrons. The number of aromatic nitrogens is 2. The molecule has 0 aliphatic carbocycles. The Balaban J connectivity index is 0.000000260. The fourth-order valence-corrected chi connectivity index (χ4v) is 8.54. The number of esters is 1. The van der Waals surface area contributed by atoms with E-state index in [1.54, 1.807) is 86.6 Å². The first-order chi connectivity index (χ1) is 27.8. The van der Waals surface area contributed by atoms with E-state index in [0.717, 1.165) is 24.2 Å². The van der Waals surface area contributed by atoms with Gasteiger partial charge >= 0.3 is 11.9 Å². The van der Waals surface area contributed by atoms with Crippen molar-refractivity contribution in [3.8, 4) is 22.9 Å². The molecule has 0 aliphatic heterocycles. The van der Waals surface area contributed by atoms with Crippen molar-refractivity contribution in [3.63, 3.8) is 0 Å². The van der Waals surface area contributed by atoms with E-state index in [9.17, 15) is 26.4 Å². The molecule has 318 valence electrons. The van der Waals surface area contributed by atoms with Crippen LogP contribution in [0.15, 0.2) is 116 Å². The van der Waals surface area contributed by atoms with Gasteiger partial charge in [0.25, 0.3) is 0 Å². The third-order valence-electron chi connectivity index (χ3n) is 8.93. The topological polar surface area (TPSA) is 190 Å². The first-order valence-corrected chi connectivity index (χ1v) is 21.5. The Bertz CT molecular complexity index is 2620. The molecule has 17 heteroatoms. The van der Waals surface area contributed by atoms with Gasteiger partial charge in [0, 0.05) is 24.2 Å². The molecule has 6 aromatic rings. The molecular weight excluding hydrogens is 832 g/mol. The molecule has 2 heterocycles. The van der Waals surface area contributed by atoms with Crippen molar-refractivity contribution >= 4 is 44.0 Å². The Labute approximate surface area is 356 Å². The highest BCUT2D eigenvalue weighted by molar-refractivity contribution is 7.91. The fraction of sp³-hybridized carbons (Fsp3) is 0.256. The maximum Gasteiger partial charge on any atom is 0.337 e. The van der Waals surface area contributed by atoms with Gasteiger partial charge in [0.05, 0.1) is 39.4 Å². The Kier molecular flexibility index (Phi) is 15.7. The summed E-state index contributed by atoms with van der Waals surface area (Å²) in [5.74, 6) is -0.582. The van der Waals surface area contributed by atoms with Crippen LogP contribution in [0.4, 0.5) is 0 Å². The SMILES string of the molecule is COC(=O)c1ccc(-c2nc(CS(=O)(=O)c3ccc(CN(C)C)cc3)c(C)o2)cc1.Cc1oc(-c2ccc(C(=O)O)cc2)nc1CS(=O)(=O)c1ccc(CN(C)C)cc1.Cl. The second-order valence-corrected chi connectivity index (χ2v) is 18.3. The van der Waals surface area contributed by atoms with Gasteiger partial charge in [-0.1, -0.05) is 24.3 Å². The van der Waals surface area contributed by atoms with Gasteiger partial charge in [0.2, 0.25) is 11.8 Å². The van der Waals surface area contributed by atoms with Crippen LogP contribution in [0.25, 0.3) is 22.9 Å². The van der Waals surface area contributed by atoms with Crippen molar-refractivity contribution in [1.82, 2.24) is 19.8 Å². The first kappa shape index (κ1) is 47.0. The highest BCUT2D eigenvalue weighted by Gasteiger charge is 2.23. The zero-order chi connectivity index (χ0) is 43.1. The van der Waals surface area contributed by atoms with Crippen molar-refractivity contribution in [2.45, 2.75) is 48.2 Å². The molecule has 0 aliphatic rings. The van der Waals surface area contributed by atoms with Gasteiger partial charge in [-0.25, -0.2) is 36.4 Å². The molecule has 1 N–H and O–H groups in total. The lowest BCUT2D eigenvalue weighted by Gasteiger charge is -2.10. The summed E-state index contributed by atoms with van der Waals surface area (Å²) < 4.78 is 67.2. The number of aromatic carboxylic acids is 1. The van der Waals surface area contributed by atoms with Crippen LogP contribution in [-0.4, -0.2) is 88.9 Å². The van der Waals surface area contributed by atoms with Crippen LogP contribution in [-0.2, 0) is 49.0 Å². The number of benzene rings is 4. The average molecular weight is 879 g/mol. The summed E-state index contributed by atoms with van der Waals surface area (Å²) in [6, 6.07) is 26.3. The number of carbonyl (C=O) groups excluding carboxylic acids is 1. The third kappa shape index (κ3) is 12.2. The van der Waals surface area contributed by atoms with Crippen LogP contribution in [0, 0.1) is 13.8 Å². The van der Waals surface area contributed by atoms with Crippen LogP contribution in [0.3, 0.4) is 0 Å². The summed E-state index contributed by atoms with van der Waals surface area (Å²) in [5.41, 5.74) is 4.53. The fourth-order valence-electron chi connectivity index (χ4n) is 5.85. The number of methoxy groups -OCH3 is 1. The lowest BCUT2D eigenvalue weighted by Crippen LogP contribution is -2.11. The molecule has 0 saturated carbocycles. The van der Waals surface area contributed by atoms with Crippen molar-refractivity contribution in [1.29, 1.82) is 0 Å². The molecule has 14 nitrogen and oxygen atoms in total. The smallest absolute Gasteiger partial charge is 0.337 e. The van der Waals surface area contributed by atoms with Gasteiger partial charge in [-0.15, -0.1) is 12.4 Å². The molecule has 0 bridgehead atoms. The monoisotopic (exact) mass is 878 g/mol. The summed E-state index contributed by atoms with van der Waals surface area (Å²) in [6.45, 7) is 4.81. The standard InChI is InChI=1S/C22H24N2O5S.C21H22N2O5S.ClH/c1-15-20(14-30(26,27)19-11-5-16(6-12-19)13-24(2)3)23-21(29-15)17-7-9-18(10-8-17)22(25)28-4;1-14-19(22-20(28-14)16-6-8-17(9-7-16)21(24)25)13-29(26,27)18-10-4-15(5-11-18)12-23(2)3;/h5-12H,13-14H2,1-4H3;4-11H,12-13H2,1-3H3,(H,24,25);1H. The van der Waals surface area contributed by atoms with Gasteiger partial charge in [0.15, 0.2) is 19.7 Å². The van der Waals surface area contributed by atoms with Gasteiger partial charge in [0.1, 0.15) is 23.0 Å². The predicted molar refractivity (Wildman–Crippen MR) is 228 cm³/mol. The minimum absolute atomic E-state index is 0. The predicted octanol–water partition coefficient (Wildman–Crippen LogP) is 7.28. The molecule has 4 aromatic carbocycles. The number of carboxylic acids is 1. The molecular formula is C43H47ClN4O10S2. The summed E-state index contributed by atoms with van der Waals surface area (Å²) in [5, 5.41) is 8.98. The van der Waals surface area contributed by atoms with Crippen LogP contribution in [0.2, 0.25) is 0 Å². The van der Waals surface area contributed by atoms with Crippen LogP contribution >= 0.6 is 12.4 Å². The number of sulfone groups is 2. The van der Waals surface area contributed by atoms with Crippen molar-refractivity contribution in [2.75, 3.05) is 35.3 Å². The molecule has 0 amide bonds. The summed E-state index contributed by atoms with van der Waals surface area (Å²) in [4.78, 5) is 35.7. The van der Waals surface area contributed by atoms with Crippen molar-refractivity contribution in [2.24, 2.45) is 0 Å². The number of ether oxygens (including phenoxy) is 1. The zero-order valence-electron chi connectivity index (χ0n) is 34.2. The van der Waals surface area contributed by atoms with Gasteiger partial charge in [-0.05, 0) is 126 Å². The molecule has 0 fully saturated rings. The van der Waals surface area contributed by atoms with E-state index < -0.39 is 31.6 Å². The molecule has 2 aromatic heterocycles. The molecule has 0 spiro atoms. The number of carboxylic acid groups (broad SMARTS) is 1. The third-order valence-corrected chi connectivity index (χ3v) is 12.2. The van der Waals surface area contributed by atoms with E-state index in [1.807, 2.05) is 50.1 Å². The van der Waals surface area contributed by atoms with Gasteiger partial charge < -0.3 is 28.5 Å². The van der Waals surface area contributed by atoms with E-state index in [0.29, 0.717) is 45.5 Å². The minimum atomic E-state index is -3.58. The van der Waals surface area contributed by atoms with Gasteiger partial charge in [-0.3, -0.25) is 0 Å². The summed E-state index contributed by atoms with van der Waals surface area (Å²) in [7, 11) is 1.98. The van der Waals surface area contributed by atoms with Crippen molar-refractivity contribution in [3.05, 3.63) is 142 Å². The van der Waals surface area contributed by atoms with Crippen molar-refractivity contribution < 1.29 is 45.1 Å². The maximum atomic E-state index is 12.8. The van der Waals surface area contributed by atoms with Crippen LogP contribution in [0.1, 0.15) is 54.8 Å². The number of hydrogen-bond donors (Lipinski definition) is 1. The second kappa shape index (κ2) is 20.1. The zero-order valence-corrected chi connectivity index (χ0v) is 36.7. The number of hydrogen-bond acceptors (Lipinski definition) is 13. The minimum Gasteiger partial charge on any atom is -0.478 e. The number of carbonyl (C=O) groups is 2. The van der Waals surface area contributed by atoms with Crippen LogP contribution in [0.5, 0.6) is 0 Å². The molecule has 0 unspecified atom stereocenters. The maximum absolute atomic E-state index is 12.8. The van der Waals surface area contributed by atoms with Gasteiger partial charge in [-0.2, -0.15) is 0 Å². The molecule has 0 atom stereocenters. The van der Waals surface area contributed by atoms with E-state index in [1.165, 1.54) is 19.2 Å². The number of oxazole rings is 2. The first-order valence-electron chi connectivity index (χ1n) is 18.2. The number of aryl methyl sites for hydroxylation is 2. The summed E-state index contributed by atoms with van der Waals surface area (Å²) >= 11 is 0. The Morgan fingerprint density at radius 3 is 1.27 bits per heavy atom. The lowest BCUT2D eigenvalue weighted by molar-refractivity contribution is 0.0599. The highest BCUT2D eigenvalue weighted by atomic mass is 35.5. The van der Waals surface area contributed by atoms with E-state index in [2.05, 4.69) is 14.7 Å². The summed E-state index contributed by atoms with van der Waals surface area (Å²) in [6.07, 6.45) is 0. The number of rotatable bonds is 14. The number of halogens is 1. The Hall–Kier alpha value is -5.65. The van der Waals surface area contributed by atoms with E-state index >= 15 is 0 Å². The molecule has 0 saturated heterocycles. The van der Waals surface area contributed by atoms with E-state index in [-0.39, 0.29) is 45.2 Å². The molecule has 6 rings (SSSR count). The van der Waals surface area contributed by atoms with E-state index in [4.69, 9.17) is 13.9 Å². The normalized spacial score (nSPS) is 11.5. The average Bonchev–Trinajstić information content (AvgIpc) is 3.74. The van der Waals surface area contributed by atoms with Crippen LogP contribution < -0.4 is 0 Å². The lowest BCUT2D eigenvalue weighted by atomic mass is 10.1. The molecule has 60 heavy (non-hydrogen) atoms. The quantitative estimate of drug-likeness (QED) is 0.107. The largest absolute Gasteiger partial charge is 0.478 e. The Morgan fingerprint density at radius 1 is 0.600 bits per heavy atom. The Morgan fingerprint density at radius 2 is 0.950 bits per heavy atom. The second-order valence-electron chi connectivity index (χ2n) is 14.3.